The molecule has 19 heavy (non-hydrogen) atoms. The average molecular weight is 258 g/mol. The molecule has 0 aliphatic rings. The first-order chi connectivity index (χ1) is 9.24. The molecule has 0 radical (unpaired) electrons. The lowest BCUT2D eigenvalue weighted by atomic mass is 10.1. The van der Waals surface area contributed by atoms with E-state index >= 15 is 0 Å². The molecule has 5 nitrogen and oxygen atoms in total. The van der Waals surface area contributed by atoms with Gasteiger partial charge in [-0.1, -0.05) is 6.92 Å². The fourth-order valence-corrected chi connectivity index (χ4v) is 1.60. The molecule has 0 aliphatic carbocycles. The molecule has 0 unspecified atom stereocenters. The SMILES string of the molecule is CCCOc1ccc(-c2cc(C=O)c(=O)[nH]n2)cc1. The van der Waals surface area contributed by atoms with Gasteiger partial charge < -0.3 is 4.74 Å². The number of carbonyl (C=O) groups excluding carboxylic acids is 1. The van der Waals surface area contributed by atoms with Gasteiger partial charge in [-0.25, -0.2) is 5.10 Å². The van der Waals surface area contributed by atoms with Crippen LogP contribution in [-0.2, 0) is 0 Å². The molecule has 0 spiro atoms. The number of benzene rings is 1. The first-order valence-corrected chi connectivity index (χ1v) is 6.02. The lowest BCUT2D eigenvalue weighted by Gasteiger charge is -2.05. The maximum absolute atomic E-state index is 11.2. The average Bonchev–Trinajstić information content (AvgIpc) is 2.46. The van der Waals surface area contributed by atoms with Gasteiger partial charge in [0, 0.05) is 5.56 Å². The number of aldehydes is 1. The molecule has 5 heteroatoms. The number of H-pyrrole nitrogens is 1. The first-order valence-electron chi connectivity index (χ1n) is 6.02. The fourth-order valence-electron chi connectivity index (χ4n) is 1.60. The van der Waals surface area contributed by atoms with Crippen molar-refractivity contribution in [3.63, 3.8) is 0 Å². The van der Waals surface area contributed by atoms with E-state index in [1.165, 1.54) is 6.07 Å². The molecule has 1 N–H and O–H groups in total. The maximum atomic E-state index is 11.2. The third kappa shape index (κ3) is 3.07. The number of hydrogen-bond donors (Lipinski definition) is 1. The zero-order valence-electron chi connectivity index (χ0n) is 10.6. The third-order valence-corrected chi connectivity index (χ3v) is 2.58. The van der Waals surface area contributed by atoms with Crippen LogP contribution in [-0.4, -0.2) is 23.1 Å². The summed E-state index contributed by atoms with van der Waals surface area (Å²) in [4.78, 5) is 22.0. The Kier molecular flexibility index (Phi) is 4.07. The van der Waals surface area contributed by atoms with E-state index in [-0.39, 0.29) is 5.56 Å². The van der Waals surface area contributed by atoms with Crippen molar-refractivity contribution in [2.24, 2.45) is 0 Å². The summed E-state index contributed by atoms with van der Waals surface area (Å²) in [5.41, 5.74) is 0.935. The van der Waals surface area contributed by atoms with Gasteiger partial charge in [-0.2, -0.15) is 5.10 Å². The van der Waals surface area contributed by atoms with E-state index in [4.69, 9.17) is 4.74 Å². The molecule has 0 saturated carbocycles. The summed E-state index contributed by atoms with van der Waals surface area (Å²) in [5.74, 6) is 0.783. The van der Waals surface area contributed by atoms with Gasteiger partial charge in [-0.15, -0.1) is 0 Å². The van der Waals surface area contributed by atoms with Crippen molar-refractivity contribution in [3.8, 4) is 17.0 Å². The lowest BCUT2D eigenvalue weighted by Crippen LogP contribution is -2.13. The second-order valence-electron chi connectivity index (χ2n) is 4.03. The van der Waals surface area contributed by atoms with Crippen LogP contribution < -0.4 is 10.3 Å². The van der Waals surface area contributed by atoms with Crippen LogP contribution in [0.4, 0.5) is 0 Å². The molecular weight excluding hydrogens is 244 g/mol. The topological polar surface area (TPSA) is 72.1 Å². The van der Waals surface area contributed by atoms with Gasteiger partial charge in [0.15, 0.2) is 6.29 Å². The van der Waals surface area contributed by atoms with E-state index in [9.17, 15) is 9.59 Å². The van der Waals surface area contributed by atoms with Crippen LogP contribution in [0, 0.1) is 0 Å². The minimum atomic E-state index is -0.485. The van der Waals surface area contributed by atoms with Crippen LogP contribution in [0.25, 0.3) is 11.3 Å². The summed E-state index contributed by atoms with van der Waals surface area (Å²) in [5, 5.41) is 6.21. The Labute approximate surface area is 110 Å². The Hall–Kier alpha value is -2.43. The van der Waals surface area contributed by atoms with E-state index < -0.39 is 5.56 Å². The summed E-state index contributed by atoms with van der Waals surface area (Å²) in [6.07, 6.45) is 1.47. The third-order valence-electron chi connectivity index (χ3n) is 2.58. The molecule has 0 atom stereocenters. The molecule has 0 aliphatic heterocycles. The highest BCUT2D eigenvalue weighted by Crippen LogP contribution is 2.20. The summed E-state index contributed by atoms with van der Waals surface area (Å²) in [6.45, 7) is 2.71. The van der Waals surface area contributed by atoms with Crippen molar-refractivity contribution in [2.75, 3.05) is 6.61 Å². The second-order valence-corrected chi connectivity index (χ2v) is 4.03. The number of nitrogens with zero attached hydrogens (tertiary/aromatic N) is 1. The molecular formula is C14H14N2O3. The summed E-state index contributed by atoms with van der Waals surface area (Å²) in [7, 11) is 0. The van der Waals surface area contributed by atoms with Crippen molar-refractivity contribution >= 4 is 6.29 Å². The van der Waals surface area contributed by atoms with Crippen LogP contribution in [0.1, 0.15) is 23.7 Å². The Morgan fingerprint density at radius 1 is 1.32 bits per heavy atom. The minimum absolute atomic E-state index is 0.0660. The van der Waals surface area contributed by atoms with Gasteiger partial charge in [0.2, 0.25) is 0 Å². The Morgan fingerprint density at radius 3 is 2.68 bits per heavy atom. The van der Waals surface area contributed by atoms with E-state index in [0.717, 1.165) is 17.7 Å². The Morgan fingerprint density at radius 2 is 2.05 bits per heavy atom. The van der Waals surface area contributed by atoms with Crippen molar-refractivity contribution in [3.05, 3.63) is 46.2 Å². The van der Waals surface area contributed by atoms with E-state index in [1.54, 1.807) is 0 Å². The van der Waals surface area contributed by atoms with Crippen molar-refractivity contribution in [1.29, 1.82) is 0 Å². The molecule has 0 bridgehead atoms. The molecule has 2 aromatic rings. The standard InChI is InChI=1S/C14H14N2O3/c1-2-7-19-12-5-3-10(4-6-12)13-8-11(9-17)14(18)16-15-13/h3-6,8-9H,2,7H2,1H3,(H,16,18). The predicted molar refractivity (Wildman–Crippen MR) is 71.5 cm³/mol. The number of carbonyl (C=O) groups is 1. The highest BCUT2D eigenvalue weighted by molar-refractivity contribution is 5.76. The number of rotatable bonds is 5. The highest BCUT2D eigenvalue weighted by atomic mass is 16.5. The maximum Gasteiger partial charge on any atom is 0.274 e. The van der Waals surface area contributed by atoms with Crippen molar-refractivity contribution in [1.82, 2.24) is 10.2 Å². The first kappa shape index (κ1) is 13.0. The monoisotopic (exact) mass is 258 g/mol. The highest BCUT2D eigenvalue weighted by Gasteiger charge is 2.04. The van der Waals surface area contributed by atoms with Gasteiger partial charge in [-0.05, 0) is 36.8 Å². The Balaban J connectivity index is 2.26. The number of hydrogen-bond acceptors (Lipinski definition) is 4. The van der Waals surface area contributed by atoms with Crippen molar-refractivity contribution in [2.45, 2.75) is 13.3 Å². The summed E-state index contributed by atoms with van der Waals surface area (Å²) >= 11 is 0. The van der Waals surface area contributed by atoms with Crippen LogP contribution in [0.2, 0.25) is 0 Å². The number of aromatic amines is 1. The van der Waals surface area contributed by atoms with E-state index in [2.05, 4.69) is 10.2 Å². The molecule has 0 fully saturated rings. The smallest absolute Gasteiger partial charge is 0.274 e. The van der Waals surface area contributed by atoms with Gasteiger partial charge in [0.05, 0.1) is 17.9 Å². The summed E-state index contributed by atoms with van der Waals surface area (Å²) in [6, 6.07) is 8.80. The van der Waals surface area contributed by atoms with Gasteiger partial charge in [0.1, 0.15) is 5.75 Å². The van der Waals surface area contributed by atoms with E-state index in [1.807, 2.05) is 31.2 Å². The molecule has 1 aromatic carbocycles. The number of aromatic nitrogens is 2. The lowest BCUT2D eigenvalue weighted by molar-refractivity contribution is 0.112. The largest absolute Gasteiger partial charge is 0.494 e. The number of ether oxygens (including phenoxy) is 1. The minimum Gasteiger partial charge on any atom is -0.494 e. The second kappa shape index (κ2) is 5.95. The molecule has 2 rings (SSSR count). The van der Waals surface area contributed by atoms with E-state index in [0.29, 0.717) is 18.6 Å². The molecule has 0 amide bonds. The quantitative estimate of drug-likeness (QED) is 0.833. The zero-order valence-corrected chi connectivity index (χ0v) is 10.6. The van der Waals surface area contributed by atoms with Crippen LogP contribution >= 0.6 is 0 Å². The van der Waals surface area contributed by atoms with Gasteiger partial charge in [0.25, 0.3) is 5.56 Å². The fraction of sp³-hybridized carbons (Fsp3) is 0.214. The molecule has 98 valence electrons. The van der Waals surface area contributed by atoms with Gasteiger partial charge >= 0.3 is 0 Å². The van der Waals surface area contributed by atoms with Crippen LogP contribution in [0.5, 0.6) is 5.75 Å². The predicted octanol–water partition coefficient (Wildman–Crippen LogP) is 2.04. The van der Waals surface area contributed by atoms with Crippen LogP contribution in [0.15, 0.2) is 35.1 Å². The van der Waals surface area contributed by atoms with Gasteiger partial charge in [-0.3, -0.25) is 9.59 Å². The zero-order chi connectivity index (χ0) is 13.7. The van der Waals surface area contributed by atoms with Crippen molar-refractivity contribution < 1.29 is 9.53 Å². The van der Waals surface area contributed by atoms with Crippen LogP contribution in [0.3, 0.4) is 0 Å². The summed E-state index contributed by atoms with van der Waals surface area (Å²) < 4.78 is 5.48. The molecule has 1 heterocycles. The molecule has 1 aromatic heterocycles. The number of nitrogens with one attached hydrogen (secondary N) is 1. The Bertz CT molecular complexity index is 617. The normalized spacial score (nSPS) is 10.2. The molecule has 0 saturated heterocycles.